The maximum Gasteiger partial charge on any atom is 0.264 e. The summed E-state index contributed by atoms with van der Waals surface area (Å²) in [5.74, 6) is -0.0737. The van der Waals surface area contributed by atoms with Crippen LogP contribution >= 0.6 is 0 Å². The van der Waals surface area contributed by atoms with Crippen LogP contribution in [0.15, 0.2) is 79.1 Å². The number of unbranched alkanes of at least 4 members (excludes halogenated alkanes) is 2. The number of ether oxygens (including phenoxy) is 1. The third kappa shape index (κ3) is 9.84. The van der Waals surface area contributed by atoms with Crippen LogP contribution in [0.4, 0.5) is 11.5 Å². The highest BCUT2D eigenvalue weighted by Gasteiger charge is 2.45. The molecule has 18 heteroatoms. The number of carbonyl (C=O) groups is 6. The monoisotopic (exact) mass is 909 g/mol. The van der Waals surface area contributed by atoms with Gasteiger partial charge < -0.3 is 25.6 Å². The van der Waals surface area contributed by atoms with Crippen LogP contribution in [0, 0.1) is 0 Å². The first-order chi connectivity index (χ1) is 32.6. The number of nitrogens with one attached hydrogen (secondary N) is 2. The van der Waals surface area contributed by atoms with E-state index in [1.54, 1.807) is 18.2 Å². The van der Waals surface area contributed by atoms with Crippen molar-refractivity contribution in [2.24, 2.45) is 0 Å². The topological polar surface area (TPSA) is 218 Å². The van der Waals surface area contributed by atoms with Crippen molar-refractivity contribution in [3.8, 4) is 22.8 Å². The standard InChI is InChI=1S/C49H55N11O7/c50-45-43-44(32-17-19-35(20-18-32)67-34-11-3-1-4-12-34)55-60(46(43)53-31-52-45)33-10-8-25-58(30-33)41(63)16-9-24-56-26-28-57(29-27-56)40(62)15-5-2-6-23-51-37-14-7-13-36-42(37)49(66)59(48(36)65)38-21-22-39(61)54-47(38)64/h1,3-4,7,11-14,17-20,31,33,38,51H,2,5-6,8-10,15-16,21-30H2,(H2,50,52,53)(H,54,61,64)/t33-,38?/m1/s1. The molecule has 6 heterocycles. The fraction of sp³-hybridized carbons (Fsp3) is 0.408. The predicted molar refractivity (Wildman–Crippen MR) is 249 cm³/mol. The predicted octanol–water partition coefficient (Wildman–Crippen LogP) is 5.03. The highest BCUT2D eigenvalue weighted by molar-refractivity contribution is 6.25. The molecule has 0 bridgehead atoms. The Labute approximate surface area is 387 Å². The molecule has 3 saturated heterocycles. The average molecular weight is 910 g/mol. The number of para-hydroxylation sites is 1. The van der Waals surface area contributed by atoms with Gasteiger partial charge in [0.05, 0.1) is 22.6 Å². The molecule has 9 rings (SSSR count). The van der Waals surface area contributed by atoms with Gasteiger partial charge in [-0.05, 0) is 93.6 Å². The highest BCUT2D eigenvalue weighted by Crippen LogP contribution is 2.36. The number of amides is 6. The Kier molecular flexibility index (Phi) is 13.5. The van der Waals surface area contributed by atoms with Crippen molar-refractivity contribution in [1.29, 1.82) is 0 Å². The van der Waals surface area contributed by atoms with E-state index in [1.807, 2.05) is 69.1 Å². The molecule has 0 radical (unpaired) electrons. The van der Waals surface area contributed by atoms with Gasteiger partial charge in [0, 0.05) is 76.3 Å². The van der Waals surface area contributed by atoms with Crippen molar-refractivity contribution >= 4 is 58.0 Å². The Morgan fingerprint density at radius 2 is 1.54 bits per heavy atom. The molecule has 2 atom stereocenters. The maximum atomic E-state index is 13.6. The fourth-order valence-electron chi connectivity index (χ4n) is 9.59. The molecule has 67 heavy (non-hydrogen) atoms. The van der Waals surface area contributed by atoms with Crippen LogP contribution < -0.4 is 21.1 Å². The van der Waals surface area contributed by atoms with Gasteiger partial charge in [0.15, 0.2) is 5.65 Å². The van der Waals surface area contributed by atoms with Gasteiger partial charge in [-0.2, -0.15) is 5.10 Å². The van der Waals surface area contributed by atoms with E-state index in [-0.39, 0.29) is 41.8 Å². The van der Waals surface area contributed by atoms with Gasteiger partial charge in [-0.3, -0.25) is 43.9 Å². The minimum atomic E-state index is -1.02. The average Bonchev–Trinajstić information content (AvgIpc) is 3.86. The number of aromatic nitrogens is 4. The quantitative estimate of drug-likeness (QED) is 0.0876. The van der Waals surface area contributed by atoms with E-state index >= 15 is 0 Å². The first-order valence-electron chi connectivity index (χ1n) is 23.3. The van der Waals surface area contributed by atoms with Crippen molar-refractivity contribution in [1.82, 2.24) is 44.7 Å². The number of rotatable bonds is 16. The van der Waals surface area contributed by atoms with Crippen LogP contribution in [0.5, 0.6) is 11.5 Å². The van der Waals surface area contributed by atoms with Gasteiger partial charge in [-0.1, -0.05) is 30.7 Å². The number of nitrogen functional groups attached to an aromatic ring is 1. The normalized spacial score (nSPS) is 18.9. The summed E-state index contributed by atoms with van der Waals surface area (Å²) in [6, 6.07) is 21.2. The molecular formula is C49H55N11O7. The zero-order valence-corrected chi connectivity index (χ0v) is 37.4. The molecule has 3 aromatic carbocycles. The number of anilines is 2. The van der Waals surface area contributed by atoms with E-state index in [0.717, 1.165) is 74.4 Å². The molecule has 4 aliphatic rings. The molecular weight excluding hydrogens is 855 g/mol. The second kappa shape index (κ2) is 20.1. The largest absolute Gasteiger partial charge is 0.457 e. The van der Waals surface area contributed by atoms with E-state index in [2.05, 4.69) is 25.5 Å². The van der Waals surface area contributed by atoms with Crippen LogP contribution in [0.25, 0.3) is 22.3 Å². The van der Waals surface area contributed by atoms with Crippen LogP contribution in [0.2, 0.25) is 0 Å². The molecule has 3 fully saturated rings. The summed E-state index contributed by atoms with van der Waals surface area (Å²) in [6.45, 7) is 5.40. The van der Waals surface area contributed by atoms with E-state index in [1.165, 1.54) is 6.33 Å². The Hall–Kier alpha value is -7.21. The van der Waals surface area contributed by atoms with Crippen LogP contribution in [0.3, 0.4) is 0 Å². The van der Waals surface area contributed by atoms with Gasteiger partial charge in [0.2, 0.25) is 23.6 Å². The molecule has 1 unspecified atom stereocenters. The van der Waals surface area contributed by atoms with Gasteiger partial charge in [0.1, 0.15) is 35.4 Å². The van der Waals surface area contributed by atoms with Gasteiger partial charge in [-0.15, -0.1) is 0 Å². The van der Waals surface area contributed by atoms with Crippen LogP contribution in [0.1, 0.15) is 91.0 Å². The Balaban J connectivity index is 0.686. The summed E-state index contributed by atoms with van der Waals surface area (Å²) in [5, 5.41) is 11.2. The van der Waals surface area contributed by atoms with E-state index in [4.69, 9.17) is 15.6 Å². The number of piperidine rings is 2. The number of hydrogen-bond donors (Lipinski definition) is 3. The van der Waals surface area contributed by atoms with Gasteiger partial charge >= 0.3 is 0 Å². The number of carbonyl (C=O) groups excluding carboxylic acids is 6. The number of nitrogens with zero attached hydrogens (tertiary/aromatic N) is 8. The van der Waals surface area contributed by atoms with Crippen molar-refractivity contribution in [2.45, 2.75) is 76.3 Å². The van der Waals surface area contributed by atoms with E-state index in [0.29, 0.717) is 79.5 Å². The molecule has 18 nitrogen and oxygen atoms in total. The van der Waals surface area contributed by atoms with Crippen LogP contribution in [-0.4, -0.2) is 133 Å². The zero-order chi connectivity index (χ0) is 46.4. The number of piperazine rings is 1. The number of fused-ring (bicyclic) bond motifs is 2. The zero-order valence-electron chi connectivity index (χ0n) is 37.4. The summed E-state index contributed by atoms with van der Waals surface area (Å²) in [6.07, 6.45) is 7.24. The molecule has 4 N–H and O–H groups in total. The summed E-state index contributed by atoms with van der Waals surface area (Å²) >= 11 is 0. The molecule has 0 spiro atoms. The van der Waals surface area contributed by atoms with Gasteiger partial charge in [0.25, 0.3) is 11.8 Å². The highest BCUT2D eigenvalue weighted by atomic mass is 16.5. The molecule has 2 aromatic heterocycles. The van der Waals surface area contributed by atoms with Gasteiger partial charge in [-0.25, -0.2) is 14.6 Å². The van der Waals surface area contributed by atoms with Crippen molar-refractivity contribution in [2.75, 3.05) is 63.4 Å². The lowest BCUT2D eigenvalue weighted by molar-refractivity contribution is -0.136. The molecule has 348 valence electrons. The summed E-state index contributed by atoms with van der Waals surface area (Å²) in [4.78, 5) is 93.3. The number of imide groups is 2. The lowest BCUT2D eigenvalue weighted by Crippen LogP contribution is -2.54. The lowest BCUT2D eigenvalue weighted by atomic mass is 10.0. The third-order valence-corrected chi connectivity index (χ3v) is 13.2. The second-order valence-corrected chi connectivity index (χ2v) is 17.6. The third-order valence-electron chi connectivity index (χ3n) is 13.2. The number of likely N-dealkylation sites (tertiary alicyclic amines) is 1. The first-order valence-corrected chi connectivity index (χ1v) is 23.3. The SMILES string of the molecule is Nc1ncnc2c1c(-c1ccc(Oc3ccccc3)cc1)nn2[C@@H]1CCCN(C(=O)CCCN2CCN(C(=O)CCCCCNc3cccc4c3C(=O)N(C3CCC(=O)NC3=O)C4=O)CC2)C1. The minimum absolute atomic E-state index is 0.0624. The van der Waals surface area contributed by atoms with E-state index < -0.39 is 29.7 Å². The van der Waals surface area contributed by atoms with Crippen molar-refractivity contribution in [3.05, 3.63) is 90.3 Å². The van der Waals surface area contributed by atoms with Crippen molar-refractivity contribution in [3.63, 3.8) is 0 Å². The van der Waals surface area contributed by atoms with Crippen LogP contribution in [-0.2, 0) is 19.2 Å². The number of nitrogens with two attached hydrogens (primary N) is 1. The van der Waals surface area contributed by atoms with E-state index in [9.17, 15) is 28.8 Å². The molecule has 0 saturated carbocycles. The first kappa shape index (κ1) is 45.0. The summed E-state index contributed by atoms with van der Waals surface area (Å²) < 4.78 is 7.91. The minimum Gasteiger partial charge on any atom is -0.457 e. The summed E-state index contributed by atoms with van der Waals surface area (Å²) in [5.41, 5.74) is 9.61. The number of hydrogen-bond acceptors (Lipinski definition) is 13. The molecule has 4 aliphatic heterocycles. The molecule has 5 aromatic rings. The molecule has 0 aliphatic carbocycles. The Bertz CT molecular complexity index is 2660. The Morgan fingerprint density at radius 1 is 0.776 bits per heavy atom. The second-order valence-electron chi connectivity index (χ2n) is 17.6. The molecule has 6 amide bonds. The lowest BCUT2D eigenvalue weighted by Gasteiger charge is -2.35. The smallest absolute Gasteiger partial charge is 0.264 e. The fourth-order valence-corrected chi connectivity index (χ4v) is 9.59. The number of benzene rings is 3. The van der Waals surface area contributed by atoms with Crippen molar-refractivity contribution < 1.29 is 33.5 Å². The summed E-state index contributed by atoms with van der Waals surface area (Å²) in [7, 11) is 0. The maximum absolute atomic E-state index is 13.6. The Morgan fingerprint density at radius 3 is 2.33 bits per heavy atom.